The highest BCUT2D eigenvalue weighted by Gasteiger charge is 2.16. The quantitative estimate of drug-likeness (QED) is 0.604. The van der Waals surface area contributed by atoms with Crippen molar-refractivity contribution < 1.29 is 14.3 Å². The minimum Gasteiger partial charge on any atom is -0.462 e. The Bertz CT molecular complexity index is 229. The molecule has 1 atom stereocenters. The van der Waals surface area contributed by atoms with Crippen LogP contribution in [0.25, 0.3) is 0 Å². The highest BCUT2D eigenvalue weighted by molar-refractivity contribution is 5.37. The Balaban J connectivity index is 0.000000399. The monoisotopic (exact) mass is 274 g/mol. The molecule has 0 amide bonds. The fourth-order valence-electron chi connectivity index (χ4n) is 1.77. The van der Waals surface area contributed by atoms with Crippen molar-refractivity contribution in [2.24, 2.45) is 0 Å². The lowest BCUT2D eigenvalue weighted by atomic mass is 10.2. The van der Waals surface area contributed by atoms with Crippen molar-refractivity contribution >= 4 is 6.47 Å². The minimum atomic E-state index is -0.318. The number of ether oxygens (including phenoxy) is 2. The molecule has 5 heteroatoms. The average Bonchev–Trinajstić information content (AvgIpc) is 2.31. The van der Waals surface area contributed by atoms with Gasteiger partial charge in [0, 0.05) is 45.9 Å². The molecule has 5 nitrogen and oxygen atoms in total. The maximum absolute atomic E-state index is 9.60. The molecule has 1 unspecified atom stereocenters. The third kappa shape index (κ3) is 10.9. The summed E-state index contributed by atoms with van der Waals surface area (Å²) in [6.07, 6.45) is 1.15. The Hall–Kier alpha value is -0.650. The molecule has 0 aromatic carbocycles. The predicted octanol–water partition coefficient (Wildman–Crippen LogP) is 1.27. The zero-order valence-corrected chi connectivity index (χ0v) is 13.1. The van der Waals surface area contributed by atoms with Crippen molar-refractivity contribution in [3.63, 3.8) is 0 Å². The van der Waals surface area contributed by atoms with Crippen molar-refractivity contribution in [1.82, 2.24) is 10.2 Å². The molecule has 0 saturated carbocycles. The van der Waals surface area contributed by atoms with E-state index in [1.165, 1.54) is 13.1 Å². The smallest absolute Gasteiger partial charge is 0.293 e. The van der Waals surface area contributed by atoms with E-state index in [1.807, 2.05) is 20.8 Å². The fourth-order valence-corrected chi connectivity index (χ4v) is 1.77. The molecule has 0 bridgehead atoms. The SMILES string of the molecule is CC(C)(C)OC=O.COCCCN1CCNCC1C. The van der Waals surface area contributed by atoms with Crippen molar-refractivity contribution in [1.29, 1.82) is 0 Å². The van der Waals surface area contributed by atoms with E-state index in [0.29, 0.717) is 12.5 Å². The van der Waals surface area contributed by atoms with E-state index in [9.17, 15) is 4.79 Å². The van der Waals surface area contributed by atoms with Gasteiger partial charge in [0.2, 0.25) is 0 Å². The van der Waals surface area contributed by atoms with Gasteiger partial charge >= 0.3 is 0 Å². The summed E-state index contributed by atoms with van der Waals surface area (Å²) in [7, 11) is 1.77. The predicted molar refractivity (Wildman–Crippen MR) is 77.3 cm³/mol. The first-order chi connectivity index (χ1) is 8.90. The summed E-state index contributed by atoms with van der Waals surface area (Å²) in [5.41, 5.74) is -0.318. The second-order valence-electron chi connectivity index (χ2n) is 5.76. The van der Waals surface area contributed by atoms with Crippen LogP contribution in [-0.2, 0) is 14.3 Å². The molecular weight excluding hydrogens is 244 g/mol. The zero-order chi connectivity index (χ0) is 14.7. The van der Waals surface area contributed by atoms with Crippen LogP contribution in [0.3, 0.4) is 0 Å². The summed E-state index contributed by atoms with van der Waals surface area (Å²) in [6.45, 7) is 13.7. The number of nitrogens with one attached hydrogen (secondary N) is 1. The molecule has 1 heterocycles. The summed E-state index contributed by atoms with van der Waals surface area (Å²) in [6, 6.07) is 0.690. The van der Waals surface area contributed by atoms with Crippen LogP contribution in [0.4, 0.5) is 0 Å². The topological polar surface area (TPSA) is 50.8 Å². The van der Waals surface area contributed by atoms with E-state index in [-0.39, 0.29) is 5.60 Å². The lowest BCUT2D eigenvalue weighted by Crippen LogP contribution is -2.50. The van der Waals surface area contributed by atoms with Gasteiger partial charge in [0.1, 0.15) is 5.60 Å². The van der Waals surface area contributed by atoms with E-state index in [4.69, 9.17) is 4.74 Å². The second-order valence-corrected chi connectivity index (χ2v) is 5.76. The molecule has 1 aliphatic rings. The van der Waals surface area contributed by atoms with Gasteiger partial charge in [0.25, 0.3) is 6.47 Å². The summed E-state index contributed by atoms with van der Waals surface area (Å²) >= 11 is 0. The Kier molecular flexibility index (Phi) is 9.83. The van der Waals surface area contributed by atoms with Crippen LogP contribution in [-0.4, -0.2) is 62.9 Å². The third-order valence-electron chi connectivity index (χ3n) is 2.83. The molecule has 1 saturated heterocycles. The maximum Gasteiger partial charge on any atom is 0.293 e. The van der Waals surface area contributed by atoms with Crippen molar-refractivity contribution in [2.75, 3.05) is 39.9 Å². The largest absolute Gasteiger partial charge is 0.462 e. The Morgan fingerprint density at radius 2 is 2.11 bits per heavy atom. The molecule has 1 fully saturated rings. The van der Waals surface area contributed by atoms with Gasteiger partial charge in [-0.3, -0.25) is 9.69 Å². The highest BCUT2D eigenvalue weighted by Crippen LogP contribution is 2.03. The number of hydrogen-bond acceptors (Lipinski definition) is 5. The third-order valence-corrected chi connectivity index (χ3v) is 2.83. The van der Waals surface area contributed by atoms with E-state index in [0.717, 1.165) is 26.1 Å². The fraction of sp³-hybridized carbons (Fsp3) is 0.929. The molecule has 0 spiro atoms. The van der Waals surface area contributed by atoms with Crippen molar-refractivity contribution in [3.05, 3.63) is 0 Å². The van der Waals surface area contributed by atoms with E-state index in [2.05, 4.69) is 21.9 Å². The molecule has 1 rings (SSSR count). The zero-order valence-electron chi connectivity index (χ0n) is 13.1. The van der Waals surface area contributed by atoms with Gasteiger partial charge in [-0.1, -0.05) is 0 Å². The Morgan fingerprint density at radius 1 is 1.42 bits per heavy atom. The number of rotatable bonds is 5. The molecule has 1 N–H and O–H groups in total. The first-order valence-electron chi connectivity index (χ1n) is 6.96. The summed E-state index contributed by atoms with van der Waals surface area (Å²) in [4.78, 5) is 12.1. The lowest BCUT2D eigenvalue weighted by molar-refractivity contribution is -0.138. The van der Waals surface area contributed by atoms with Gasteiger partial charge < -0.3 is 14.8 Å². The highest BCUT2D eigenvalue weighted by atomic mass is 16.5. The first-order valence-corrected chi connectivity index (χ1v) is 6.96. The van der Waals surface area contributed by atoms with Crippen LogP contribution < -0.4 is 5.32 Å². The van der Waals surface area contributed by atoms with Gasteiger partial charge in [-0.2, -0.15) is 0 Å². The summed E-state index contributed by atoms with van der Waals surface area (Å²) in [5, 5.41) is 3.38. The minimum absolute atomic E-state index is 0.318. The Morgan fingerprint density at radius 3 is 2.53 bits per heavy atom. The molecule has 0 aromatic heterocycles. The van der Waals surface area contributed by atoms with Gasteiger partial charge in [0.05, 0.1) is 0 Å². The molecule has 1 aliphatic heterocycles. The number of methoxy groups -OCH3 is 1. The molecule has 19 heavy (non-hydrogen) atoms. The standard InChI is InChI=1S/C9H20N2O.C5H10O2/c1-9-8-10-4-6-11(9)5-3-7-12-2;1-5(2,3)7-4-6/h9-10H,3-8H2,1-2H3;4H,1-3H3. The Labute approximate surface area is 117 Å². The van der Waals surface area contributed by atoms with Gasteiger partial charge in [0.15, 0.2) is 0 Å². The van der Waals surface area contributed by atoms with Crippen LogP contribution >= 0.6 is 0 Å². The van der Waals surface area contributed by atoms with Crippen LogP contribution in [0, 0.1) is 0 Å². The van der Waals surface area contributed by atoms with Gasteiger partial charge in [-0.15, -0.1) is 0 Å². The van der Waals surface area contributed by atoms with Crippen LogP contribution in [0.5, 0.6) is 0 Å². The van der Waals surface area contributed by atoms with Crippen LogP contribution in [0.15, 0.2) is 0 Å². The van der Waals surface area contributed by atoms with Gasteiger partial charge in [-0.25, -0.2) is 0 Å². The number of piperazine rings is 1. The van der Waals surface area contributed by atoms with Crippen LogP contribution in [0.2, 0.25) is 0 Å². The first kappa shape index (κ1) is 18.4. The van der Waals surface area contributed by atoms with Crippen molar-refractivity contribution in [3.8, 4) is 0 Å². The summed E-state index contributed by atoms with van der Waals surface area (Å²) < 4.78 is 9.57. The normalized spacial score (nSPS) is 20.4. The van der Waals surface area contributed by atoms with E-state index in [1.54, 1.807) is 7.11 Å². The molecule has 0 aromatic rings. The number of hydrogen-bond donors (Lipinski definition) is 1. The molecule has 0 aliphatic carbocycles. The van der Waals surface area contributed by atoms with Crippen LogP contribution in [0.1, 0.15) is 34.1 Å². The van der Waals surface area contributed by atoms with E-state index < -0.39 is 0 Å². The number of carbonyl (C=O) groups excluding carboxylic acids is 1. The lowest BCUT2D eigenvalue weighted by Gasteiger charge is -2.33. The van der Waals surface area contributed by atoms with Crippen molar-refractivity contribution in [2.45, 2.75) is 45.8 Å². The maximum atomic E-state index is 9.60. The second kappa shape index (κ2) is 10.2. The van der Waals surface area contributed by atoms with E-state index >= 15 is 0 Å². The van der Waals surface area contributed by atoms with Gasteiger partial charge in [-0.05, 0) is 34.1 Å². The number of carbonyl (C=O) groups is 1. The molecular formula is C14H30N2O3. The average molecular weight is 274 g/mol. The molecule has 0 radical (unpaired) electrons. The number of nitrogens with zero attached hydrogens (tertiary/aromatic N) is 1. The molecule has 114 valence electrons. The summed E-state index contributed by atoms with van der Waals surface area (Å²) in [5.74, 6) is 0.